The average molecular weight is 347 g/mol. The van der Waals surface area contributed by atoms with Crippen molar-refractivity contribution >= 4 is 35.2 Å². The van der Waals surface area contributed by atoms with Gasteiger partial charge in [-0.25, -0.2) is 9.98 Å². The molecule has 1 aliphatic rings. The van der Waals surface area contributed by atoms with Crippen LogP contribution in [-0.4, -0.2) is 22.8 Å². The molecule has 1 saturated carbocycles. The highest BCUT2D eigenvalue weighted by Crippen LogP contribution is 2.35. The molecule has 0 atom stereocenters. The molecular formula is C15H14ClF3N2O2. The largest absolute Gasteiger partial charge is 0.417 e. The Bertz CT molecular complexity index is 664. The molecule has 1 aromatic rings. The molecule has 8 heteroatoms. The minimum atomic E-state index is -4.56. The molecule has 0 unspecified atom stereocenters. The molecule has 124 valence electrons. The molecule has 0 N–H and O–H groups in total. The van der Waals surface area contributed by atoms with Crippen molar-refractivity contribution in [1.29, 1.82) is 0 Å². The summed E-state index contributed by atoms with van der Waals surface area (Å²) in [4.78, 5) is 31.4. The summed E-state index contributed by atoms with van der Waals surface area (Å²) < 4.78 is 37.6. The third kappa shape index (κ3) is 4.16. The molecule has 0 amide bonds. The van der Waals surface area contributed by atoms with E-state index in [1.165, 1.54) is 0 Å². The number of alkyl halides is 3. The van der Waals surface area contributed by atoms with E-state index in [2.05, 4.69) is 9.98 Å². The lowest BCUT2D eigenvalue weighted by Gasteiger charge is -2.30. The SMILES string of the molecule is CC1(C)CC(=O)C(C=Nc2ncc(C(F)(F)F)cc2Cl)C(=O)C1. The Hall–Kier alpha value is -1.76. The average Bonchev–Trinajstić information content (AvgIpc) is 2.36. The number of nitrogens with zero attached hydrogens (tertiary/aromatic N) is 2. The molecule has 0 aliphatic heterocycles. The van der Waals surface area contributed by atoms with Gasteiger partial charge in [-0.3, -0.25) is 9.59 Å². The third-order valence-electron chi connectivity index (χ3n) is 3.49. The number of ketones is 2. The second-order valence-electron chi connectivity index (χ2n) is 6.23. The highest BCUT2D eigenvalue weighted by molar-refractivity contribution is 6.32. The van der Waals surface area contributed by atoms with Crippen LogP contribution in [0.2, 0.25) is 5.02 Å². The van der Waals surface area contributed by atoms with Gasteiger partial charge in [-0.15, -0.1) is 0 Å². The van der Waals surface area contributed by atoms with Crippen LogP contribution in [0.1, 0.15) is 32.3 Å². The number of pyridine rings is 1. The summed E-state index contributed by atoms with van der Waals surface area (Å²) in [6.45, 7) is 3.65. The predicted octanol–water partition coefficient (Wildman–Crippen LogP) is 4.03. The maximum Gasteiger partial charge on any atom is 0.417 e. The van der Waals surface area contributed by atoms with E-state index in [4.69, 9.17) is 11.6 Å². The van der Waals surface area contributed by atoms with Crippen molar-refractivity contribution in [3.8, 4) is 0 Å². The minimum Gasteiger partial charge on any atom is -0.298 e. The molecule has 0 aromatic carbocycles. The van der Waals surface area contributed by atoms with Crippen LogP contribution in [0.3, 0.4) is 0 Å². The summed E-state index contributed by atoms with van der Waals surface area (Å²) in [5, 5.41) is -0.299. The molecule has 2 rings (SSSR count). The Balaban J connectivity index is 2.21. The number of hydrogen-bond acceptors (Lipinski definition) is 4. The molecular weight excluding hydrogens is 333 g/mol. The number of aliphatic imine (C=N–C) groups is 1. The molecule has 1 aromatic heterocycles. The Kier molecular flexibility index (Phi) is 4.61. The van der Waals surface area contributed by atoms with Crippen molar-refractivity contribution in [2.45, 2.75) is 32.9 Å². The molecule has 23 heavy (non-hydrogen) atoms. The lowest BCUT2D eigenvalue weighted by atomic mass is 9.72. The van der Waals surface area contributed by atoms with E-state index in [0.717, 1.165) is 6.21 Å². The van der Waals surface area contributed by atoms with E-state index in [0.29, 0.717) is 12.3 Å². The van der Waals surface area contributed by atoms with E-state index in [1.54, 1.807) is 0 Å². The smallest absolute Gasteiger partial charge is 0.298 e. The topological polar surface area (TPSA) is 59.4 Å². The number of hydrogen-bond donors (Lipinski definition) is 0. The molecule has 0 bridgehead atoms. The van der Waals surface area contributed by atoms with Crippen LogP contribution in [0.4, 0.5) is 19.0 Å². The van der Waals surface area contributed by atoms with Gasteiger partial charge >= 0.3 is 6.18 Å². The Labute approximate surface area is 135 Å². The van der Waals surface area contributed by atoms with Crippen molar-refractivity contribution in [2.75, 3.05) is 0 Å². The quantitative estimate of drug-likeness (QED) is 0.600. The fourth-order valence-electron chi connectivity index (χ4n) is 2.40. The Morgan fingerprint density at radius 2 is 1.87 bits per heavy atom. The van der Waals surface area contributed by atoms with Crippen LogP contribution in [0.15, 0.2) is 17.3 Å². The Morgan fingerprint density at radius 1 is 1.30 bits per heavy atom. The molecule has 0 radical (unpaired) electrons. The molecule has 1 fully saturated rings. The summed E-state index contributed by atoms with van der Waals surface area (Å²) in [5.41, 5.74) is -1.38. The summed E-state index contributed by atoms with van der Waals surface area (Å²) in [6.07, 6.45) is -2.36. The van der Waals surface area contributed by atoms with Crippen molar-refractivity contribution < 1.29 is 22.8 Å². The van der Waals surface area contributed by atoms with E-state index >= 15 is 0 Å². The predicted molar refractivity (Wildman–Crippen MR) is 78.9 cm³/mol. The van der Waals surface area contributed by atoms with Gasteiger partial charge in [0.15, 0.2) is 5.82 Å². The first kappa shape index (κ1) is 17.6. The van der Waals surface area contributed by atoms with Crippen LogP contribution < -0.4 is 0 Å². The summed E-state index contributed by atoms with van der Waals surface area (Å²) in [5.74, 6) is -1.69. The highest BCUT2D eigenvalue weighted by atomic mass is 35.5. The third-order valence-corrected chi connectivity index (χ3v) is 3.77. The van der Waals surface area contributed by atoms with Crippen molar-refractivity contribution in [3.63, 3.8) is 0 Å². The van der Waals surface area contributed by atoms with Gasteiger partial charge in [0.1, 0.15) is 17.5 Å². The lowest BCUT2D eigenvalue weighted by Crippen LogP contribution is -2.38. The van der Waals surface area contributed by atoms with Crippen LogP contribution in [0.25, 0.3) is 0 Å². The number of halogens is 4. The first-order valence-corrected chi connectivity index (χ1v) is 7.20. The van der Waals surface area contributed by atoms with E-state index in [-0.39, 0.29) is 40.7 Å². The summed E-state index contributed by atoms with van der Waals surface area (Å²) >= 11 is 5.73. The van der Waals surface area contributed by atoms with E-state index in [9.17, 15) is 22.8 Å². The van der Waals surface area contributed by atoms with Gasteiger partial charge in [-0.1, -0.05) is 25.4 Å². The van der Waals surface area contributed by atoms with Crippen molar-refractivity contribution in [3.05, 3.63) is 22.8 Å². The summed E-state index contributed by atoms with van der Waals surface area (Å²) in [6, 6.07) is 0.703. The first-order valence-electron chi connectivity index (χ1n) is 6.82. The number of aromatic nitrogens is 1. The fraction of sp³-hybridized carbons (Fsp3) is 0.467. The van der Waals surface area contributed by atoms with E-state index < -0.39 is 17.7 Å². The van der Waals surface area contributed by atoms with Gasteiger partial charge in [0.05, 0.1) is 10.6 Å². The highest BCUT2D eigenvalue weighted by Gasteiger charge is 2.38. The second-order valence-corrected chi connectivity index (χ2v) is 6.64. The normalized spacial score (nSPS) is 19.6. The second kappa shape index (κ2) is 6.03. The zero-order valence-corrected chi connectivity index (χ0v) is 13.2. The van der Waals surface area contributed by atoms with Crippen molar-refractivity contribution in [1.82, 2.24) is 4.98 Å². The van der Waals surface area contributed by atoms with Crippen LogP contribution >= 0.6 is 11.6 Å². The molecule has 1 heterocycles. The van der Waals surface area contributed by atoms with Gasteiger partial charge in [0.2, 0.25) is 0 Å². The maximum absolute atomic E-state index is 12.5. The number of carbonyl (C=O) groups is 2. The zero-order valence-electron chi connectivity index (χ0n) is 12.4. The van der Waals surface area contributed by atoms with Crippen LogP contribution in [-0.2, 0) is 15.8 Å². The van der Waals surface area contributed by atoms with Gasteiger partial charge in [0.25, 0.3) is 0 Å². The summed E-state index contributed by atoms with van der Waals surface area (Å²) in [7, 11) is 0. The van der Waals surface area contributed by atoms with Gasteiger partial charge in [0, 0.05) is 25.3 Å². The van der Waals surface area contributed by atoms with Gasteiger partial charge < -0.3 is 0 Å². The number of Topliss-reactive ketones (excluding diaryl/α,β-unsaturated/α-hetero) is 2. The van der Waals surface area contributed by atoms with Gasteiger partial charge in [-0.2, -0.15) is 13.2 Å². The Morgan fingerprint density at radius 3 is 2.35 bits per heavy atom. The lowest BCUT2D eigenvalue weighted by molar-refractivity contribution is -0.138. The maximum atomic E-state index is 12.5. The monoisotopic (exact) mass is 346 g/mol. The van der Waals surface area contributed by atoms with Crippen LogP contribution in [0, 0.1) is 11.3 Å². The minimum absolute atomic E-state index is 0.162. The molecule has 1 aliphatic carbocycles. The number of rotatable bonds is 2. The van der Waals surface area contributed by atoms with Crippen molar-refractivity contribution in [2.24, 2.45) is 16.3 Å². The van der Waals surface area contributed by atoms with Crippen LogP contribution in [0.5, 0.6) is 0 Å². The molecule has 0 saturated heterocycles. The molecule has 4 nitrogen and oxygen atoms in total. The van der Waals surface area contributed by atoms with E-state index in [1.807, 2.05) is 13.8 Å². The standard InChI is InChI=1S/C15H14ClF3N2O2/c1-14(2)4-11(22)9(12(23)5-14)7-21-13-10(16)3-8(6-20-13)15(17,18)19/h3,6-7,9H,4-5H2,1-2H3. The molecule has 0 spiro atoms. The first-order chi connectivity index (χ1) is 10.5. The zero-order chi connectivity index (χ0) is 17.4. The number of carbonyl (C=O) groups excluding carboxylic acids is 2. The fourth-order valence-corrected chi connectivity index (χ4v) is 2.61. The van der Waals surface area contributed by atoms with Gasteiger partial charge in [-0.05, 0) is 11.5 Å².